The van der Waals surface area contributed by atoms with Crippen LogP contribution in [0.15, 0.2) is 21.1 Å². The standard InChI is InChI=1S/C14H19Br2N3O/c1-9(2)14(20)19-5-3-18(4-6-19)10-7-11(15)13(17)12(16)8-10/h7-9H,3-6,17H2,1-2H3. The van der Waals surface area contributed by atoms with Crippen LogP contribution in [-0.4, -0.2) is 37.0 Å². The molecule has 0 spiro atoms. The molecule has 1 heterocycles. The molecule has 1 saturated heterocycles. The van der Waals surface area contributed by atoms with E-state index in [1.54, 1.807) is 0 Å². The minimum absolute atomic E-state index is 0.0707. The SMILES string of the molecule is CC(C)C(=O)N1CCN(c2cc(Br)c(N)c(Br)c2)CC1. The van der Waals surface area contributed by atoms with Gasteiger partial charge in [0.05, 0.1) is 5.69 Å². The number of hydrogen-bond donors (Lipinski definition) is 1. The Kier molecular flexibility index (Phi) is 4.96. The van der Waals surface area contributed by atoms with Crippen molar-refractivity contribution in [2.45, 2.75) is 13.8 Å². The number of nitrogen functional groups attached to an aromatic ring is 1. The lowest BCUT2D eigenvalue weighted by molar-refractivity contribution is -0.134. The van der Waals surface area contributed by atoms with Gasteiger partial charge in [-0.2, -0.15) is 0 Å². The third-order valence-corrected chi connectivity index (χ3v) is 4.83. The highest BCUT2D eigenvalue weighted by Crippen LogP contribution is 2.33. The molecule has 0 aliphatic carbocycles. The zero-order valence-corrected chi connectivity index (χ0v) is 14.9. The highest BCUT2D eigenvalue weighted by molar-refractivity contribution is 9.11. The summed E-state index contributed by atoms with van der Waals surface area (Å²) in [6.07, 6.45) is 0. The zero-order valence-electron chi connectivity index (χ0n) is 11.7. The van der Waals surface area contributed by atoms with Crippen molar-refractivity contribution in [3.63, 3.8) is 0 Å². The van der Waals surface area contributed by atoms with Crippen molar-refractivity contribution >= 4 is 49.1 Å². The van der Waals surface area contributed by atoms with Gasteiger partial charge in [-0.3, -0.25) is 4.79 Å². The molecule has 1 aromatic carbocycles. The molecule has 2 N–H and O–H groups in total. The highest BCUT2D eigenvalue weighted by Gasteiger charge is 2.23. The zero-order chi connectivity index (χ0) is 14.9. The molecule has 110 valence electrons. The average Bonchev–Trinajstić information content (AvgIpc) is 2.43. The summed E-state index contributed by atoms with van der Waals surface area (Å²) in [6.45, 7) is 7.14. The number of halogens is 2. The first-order valence-electron chi connectivity index (χ1n) is 6.68. The van der Waals surface area contributed by atoms with E-state index in [9.17, 15) is 4.79 Å². The summed E-state index contributed by atoms with van der Waals surface area (Å²) < 4.78 is 1.78. The van der Waals surface area contributed by atoms with Gasteiger partial charge in [0, 0.05) is 46.7 Å². The molecule has 1 aliphatic heterocycles. The Bertz CT molecular complexity index is 488. The summed E-state index contributed by atoms with van der Waals surface area (Å²) in [5.41, 5.74) is 7.74. The number of nitrogens with two attached hydrogens (primary N) is 1. The number of carbonyl (C=O) groups excluding carboxylic acids is 1. The molecular formula is C14H19Br2N3O. The summed E-state index contributed by atoms with van der Waals surface area (Å²) >= 11 is 6.94. The molecule has 0 saturated carbocycles. The molecule has 2 rings (SSSR count). The van der Waals surface area contributed by atoms with E-state index >= 15 is 0 Å². The predicted octanol–water partition coefficient (Wildman–Crippen LogP) is 3.10. The van der Waals surface area contributed by atoms with Gasteiger partial charge < -0.3 is 15.5 Å². The van der Waals surface area contributed by atoms with Crippen molar-refractivity contribution in [2.24, 2.45) is 5.92 Å². The molecule has 6 heteroatoms. The smallest absolute Gasteiger partial charge is 0.225 e. The molecule has 0 radical (unpaired) electrons. The molecule has 0 atom stereocenters. The maximum atomic E-state index is 12.0. The first-order valence-corrected chi connectivity index (χ1v) is 8.27. The molecular weight excluding hydrogens is 386 g/mol. The van der Waals surface area contributed by atoms with Gasteiger partial charge in [0.25, 0.3) is 0 Å². The molecule has 20 heavy (non-hydrogen) atoms. The van der Waals surface area contributed by atoms with Crippen molar-refractivity contribution in [3.05, 3.63) is 21.1 Å². The predicted molar refractivity (Wildman–Crippen MR) is 89.9 cm³/mol. The van der Waals surface area contributed by atoms with Gasteiger partial charge >= 0.3 is 0 Å². The highest BCUT2D eigenvalue weighted by atomic mass is 79.9. The fourth-order valence-electron chi connectivity index (χ4n) is 2.30. The average molecular weight is 405 g/mol. The van der Waals surface area contributed by atoms with Crippen molar-refractivity contribution in [3.8, 4) is 0 Å². The van der Waals surface area contributed by atoms with Crippen LogP contribution in [-0.2, 0) is 4.79 Å². The van der Waals surface area contributed by atoms with E-state index in [-0.39, 0.29) is 11.8 Å². The van der Waals surface area contributed by atoms with Crippen LogP contribution in [0.5, 0.6) is 0 Å². The fraction of sp³-hybridized carbons (Fsp3) is 0.500. The Hall–Kier alpha value is -0.750. The topological polar surface area (TPSA) is 49.6 Å². The third kappa shape index (κ3) is 3.28. The maximum absolute atomic E-state index is 12.0. The second-order valence-electron chi connectivity index (χ2n) is 5.29. The lowest BCUT2D eigenvalue weighted by Gasteiger charge is -2.37. The normalized spacial score (nSPS) is 15.8. The molecule has 0 bridgehead atoms. The van der Waals surface area contributed by atoms with Crippen LogP contribution < -0.4 is 10.6 Å². The minimum atomic E-state index is 0.0707. The summed E-state index contributed by atoms with van der Waals surface area (Å²) in [7, 11) is 0. The van der Waals surface area contributed by atoms with Gasteiger partial charge in [-0.25, -0.2) is 0 Å². The van der Waals surface area contributed by atoms with E-state index in [1.807, 2.05) is 30.9 Å². The van der Waals surface area contributed by atoms with Crippen molar-refractivity contribution < 1.29 is 4.79 Å². The number of nitrogens with zero attached hydrogens (tertiary/aromatic N) is 2. The number of hydrogen-bond acceptors (Lipinski definition) is 3. The fourth-order valence-corrected chi connectivity index (χ4v) is 3.47. The third-order valence-electron chi connectivity index (χ3n) is 3.51. The molecule has 1 fully saturated rings. The van der Waals surface area contributed by atoms with Crippen LogP contribution in [0, 0.1) is 5.92 Å². The number of amides is 1. The Morgan fingerprint density at radius 3 is 2.10 bits per heavy atom. The van der Waals surface area contributed by atoms with Crippen molar-refractivity contribution in [1.29, 1.82) is 0 Å². The molecule has 1 aromatic rings. The van der Waals surface area contributed by atoms with E-state index in [2.05, 4.69) is 36.8 Å². The molecule has 4 nitrogen and oxygen atoms in total. The monoisotopic (exact) mass is 403 g/mol. The van der Waals surface area contributed by atoms with Crippen LogP contribution in [0.4, 0.5) is 11.4 Å². The lowest BCUT2D eigenvalue weighted by Crippen LogP contribution is -2.49. The Labute approximate surface area is 136 Å². The summed E-state index contributed by atoms with van der Waals surface area (Å²) in [5.74, 6) is 0.311. The Balaban J connectivity index is 2.06. The summed E-state index contributed by atoms with van der Waals surface area (Å²) in [5, 5.41) is 0. The molecule has 1 amide bonds. The maximum Gasteiger partial charge on any atom is 0.225 e. The van der Waals surface area contributed by atoms with E-state index in [4.69, 9.17) is 5.73 Å². The van der Waals surface area contributed by atoms with Gasteiger partial charge in [0.15, 0.2) is 0 Å². The number of anilines is 2. The van der Waals surface area contributed by atoms with E-state index in [1.165, 1.54) is 0 Å². The number of benzene rings is 1. The van der Waals surface area contributed by atoms with Crippen LogP contribution in [0.1, 0.15) is 13.8 Å². The Morgan fingerprint density at radius 1 is 1.15 bits per heavy atom. The molecule has 0 aromatic heterocycles. The second kappa shape index (κ2) is 6.35. The quantitative estimate of drug-likeness (QED) is 0.770. The van der Waals surface area contributed by atoms with Crippen LogP contribution >= 0.6 is 31.9 Å². The number of carbonyl (C=O) groups is 1. The largest absolute Gasteiger partial charge is 0.397 e. The number of rotatable bonds is 2. The van der Waals surface area contributed by atoms with Crippen LogP contribution in [0.3, 0.4) is 0 Å². The van der Waals surface area contributed by atoms with Crippen molar-refractivity contribution in [2.75, 3.05) is 36.8 Å². The van der Waals surface area contributed by atoms with E-state index in [0.29, 0.717) is 5.69 Å². The minimum Gasteiger partial charge on any atom is -0.397 e. The van der Waals surface area contributed by atoms with Gasteiger partial charge in [-0.15, -0.1) is 0 Å². The Morgan fingerprint density at radius 2 is 1.65 bits per heavy atom. The van der Waals surface area contributed by atoms with Crippen molar-refractivity contribution in [1.82, 2.24) is 4.90 Å². The van der Waals surface area contributed by atoms with E-state index < -0.39 is 0 Å². The van der Waals surface area contributed by atoms with Gasteiger partial charge in [-0.05, 0) is 44.0 Å². The molecule has 0 unspecified atom stereocenters. The van der Waals surface area contributed by atoms with Crippen LogP contribution in [0.2, 0.25) is 0 Å². The van der Waals surface area contributed by atoms with E-state index in [0.717, 1.165) is 40.8 Å². The first kappa shape index (κ1) is 15.6. The van der Waals surface area contributed by atoms with Crippen LogP contribution in [0.25, 0.3) is 0 Å². The lowest BCUT2D eigenvalue weighted by atomic mass is 10.1. The molecule has 1 aliphatic rings. The summed E-state index contributed by atoms with van der Waals surface area (Å²) in [4.78, 5) is 16.2. The first-order chi connectivity index (χ1) is 9.40. The van der Waals surface area contributed by atoms with Gasteiger partial charge in [0.2, 0.25) is 5.91 Å². The summed E-state index contributed by atoms with van der Waals surface area (Å²) in [6, 6.07) is 4.06. The van der Waals surface area contributed by atoms with Gasteiger partial charge in [0.1, 0.15) is 0 Å². The van der Waals surface area contributed by atoms with Gasteiger partial charge in [-0.1, -0.05) is 13.8 Å². The number of piperazine rings is 1. The second-order valence-corrected chi connectivity index (χ2v) is 7.00.